The van der Waals surface area contributed by atoms with Gasteiger partial charge in [0.05, 0.1) is 35.1 Å². The molecule has 1 aliphatic rings. The monoisotopic (exact) mass is 527 g/mol. The Bertz CT molecular complexity index is 1120. The molecule has 1 aliphatic heterocycles. The quantitative estimate of drug-likeness (QED) is 0.346. The largest absolute Gasteiger partial charge is 0.491 e. The number of benzene rings is 2. The summed E-state index contributed by atoms with van der Waals surface area (Å²) in [7, 11) is -3.59. The summed E-state index contributed by atoms with van der Waals surface area (Å²) in [5.41, 5.74) is 0.958. The van der Waals surface area contributed by atoms with E-state index in [1.807, 2.05) is 38.1 Å². The van der Waals surface area contributed by atoms with Gasteiger partial charge in [-0.15, -0.1) is 0 Å². The lowest BCUT2D eigenvalue weighted by Gasteiger charge is -2.35. The first-order valence-electron chi connectivity index (χ1n) is 11.3. The molecule has 2 atom stereocenters. The molecule has 2 aromatic rings. The van der Waals surface area contributed by atoms with Gasteiger partial charge in [0.25, 0.3) is 10.1 Å². The van der Waals surface area contributed by atoms with Crippen LogP contribution in [0.4, 0.5) is 0 Å². The standard InChI is InChI=1S/C25H31Cl2NO5S/c1-17(2)33-20-7-4-6-18(14-20)24(29)23-16-25(10-5-12-28-23,11-13-32-34(3,30)31)19-8-9-21(26)22(27)15-19/h4,6-9,14-15,17,23,28H,5,10-13,16H2,1-3H3. The van der Waals surface area contributed by atoms with Crippen LogP contribution in [0.1, 0.15) is 55.5 Å². The molecule has 2 aromatic carbocycles. The molecule has 0 saturated carbocycles. The maximum atomic E-state index is 13.6. The van der Waals surface area contributed by atoms with Gasteiger partial charge in [-0.3, -0.25) is 8.98 Å². The second-order valence-electron chi connectivity index (χ2n) is 9.06. The van der Waals surface area contributed by atoms with E-state index < -0.39 is 21.6 Å². The minimum atomic E-state index is -3.59. The molecule has 1 saturated heterocycles. The molecule has 3 rings (SSSR count). The van der Waals surface area contributed by atoms with E-state index in [4.69, 9.17) is 32.1 Å². The molecule has 34 heavy (non-hydrogen) atoms. The van der Waals surface area contributed by atoms with E-state index in [0.717, 1.165) is 24.7 Å². The molecule has 2 unspecified atom stereocenters. The first-order chi connectivity index (χ1) is 16.0. The summed E-state index contributed by atoms with van der Waals surface area (Å²) in [5, 5.41) is 4.25. The van der Waals surface area contributed by atoms with Crippen LogP contribution in [0, 0.1) is 0 Å². The van der Waals surface area contributed by atoms with Crippen molar-refractivity contribution in [1.29, 1.82) is 0 Å². The molecule has 0 aliphatic carbocycles. The van der Waals surface area contributed by atoms with Gasteiger partial charge in [-0.05, 0) is 81.3 Å². The minimum Gasteiger partial charge on any atom is -0.491 e. The number of ketones is 1. The van der Waals surface area contributed by atoms with Crippen molar-refractivity contribution >= 4 is 39.1 Å². The van der Waals surface area contributed by atoms with Crippen molar-refractivity contribution in [1.82, 2.24) is 5.32 Å². The maximum Gasteiger partial charge on any atom is 0.264 e. The van der Waals surface area contributed by atoms with Gasteiger partial charge in [-0.2, -0.15) is 8.42 Å². The molecule has 0 radical (unpaired) electrons. The lowest BCUT2D eigenvalue weighted by Crippen LogP contribution is -2.41. The van der Waals surface area contributed by atoms with Gasteiger partial charge in [0.15, 0.2) is 5.78 Å². The zero-order valence-corrected chi connectivity index (χ0v) is 22.0. The topological polar surface area (TPSA) is 81.7 Å². The Labute approximate surface area is 212 Å². The summed E-state index contributed by atoms with van der Waals surface area (Å²) >= 11 is 12.5. The zero-order valence-electron chi connectivity index (χ0n) is 19.6. The summed E-state index contributed by atoms with van der Waals surface area (Å²) in [6, 6.07) is 12.2. The first-order valence-corrected chi connectivity index (χ1v) is 13.9. The van der Waals surface area contributed by atoms with E-state index >= 15 is 0 Å². The highest BCUT2D eigenvalue weighted by molar-refractivity contribution is 7.85. The molecule has 0 amide bonds. The number of carbonyl (C=O) groups is 1. The highest BCUT2D eigenvalue weighted by Crippen LogP contribution is 2.42. The number of hydrogen-bond acceptors (Lipinski definition) is 6. The van der Waals surface area contributed by atoms with Crippen LogP contribution in [0.25, 0.3) is 0 Å². The van der Waals surface area contributed by atoms with E-state index in [-0.39, 0.29) is 18.5 Å². The Morgan fingerprint density at radius 1 is 1.18 bits per heavy atom. The fourth-order valence-electron chi connectivity index (χ4n) is 4.50. The highest BCUT2D eigenvalue weighted by Gasteiger charge is 2.39. The predicted octanol–water partition coefficient (Wildman–Crippen LogP) is 5.41. The average Bonchev–Trinajstić information content (AvgIpc) is 2.97. The summed E-state index contributed by atoms with van der Waals surface area (Å²) < 4.78 is 34.1. The Morgan fingerprint density at radius 2 is 1.94 bits per heavy atom. The van der Waals surface area contributed by atoms with Gasteiger partial charge in [0.1, 0.15) is 5.75 Å². The van der Waals surface area contributed by atoms with E-state index in [0.29, 0.717) is 40.7 Å². The van der Waals surface area contributed by atoms with Gasteiger partial charge in [0, 0.05) is 5.56 Å². The second-order valence-corrected chi connectivity index (χ2v) is 11.5. The maximum absolute atomic E-state index is 13.6. The third kappa shape index (κ3) is 7.18. The van der Waals surface area contributed by atoms with Gasteiger partial charge >= 0.3 is 0 Å². The Kier molecular flexibility index (Phi) is 9.04. The number of rotatable bonds is 9. The first kappa shape index (κ1) is 27.0. The van der Waals surface area contributed by atoms with Crippen molar-refractivity contribution in [3.8, 4) is 5.75 Å². The molecule has 9 heteroatoms. The lowest BCUT2D eigenvalue weighted by atomic mass is 9.70. The van der Waals surface area contributed by atoms with Gasteiger partial charge in [0.2, 0.25) is 0 Å². The second kappa shape index (κ2) is 11.4. The Hall–Kier alpha value is -1.64. The van der Waals surface area contributed by atoms with Gasteiger partial charge in [-0.1, -0.05) is 41.4 Å². The number of carbonyl (C=O) groups excluding carboxylic acids is 1. The van der Waals surface area contributed by atoms with Crippen LogP contribution >= 0.6 is 23.2 Å². The molecule has 1 heterocycles. The molecule has 0 spiro atoms. The van der Waals surface area contributed by atoms with E-state index in [1.165, 1.54) is 0 Å². The minimum absolute atomic E-state index is 0.00138. The summed E-state index contributed by atoms with van der Waals surface area (Å²) in [4.78, 5) is 13.6. The molecule has 0 aromatic heterocycles. The van der Waals surface area contributed by atoms with E-state index in [9.17, 15) is 13.2 Å². The number of hydrogen-bond donors (Lipinski definition) is 1. The Morgan fingerprint density at radius 3 is 2.62 bits per heavy atom. The number of Topliss-reactive ketones (excluding diaryl/α,β-unsaturated/α-hetero) is 1. The molecule has 1 fully saturated rings. The fraction of sp³-hybridized carbons (Fsp3) is 0.480. The predicted molar refractivity (Wildman–Crippen MR) is 136 cm³/mol. The molecular weight excluding hydrogens is 497 g/mol. The summed E-state index contributed by atoms with van der Waals surface area (Å²) in [6.07, 6.45) is 3.46. The van der Waals surface area contributed by atoms with Crippen LogP contribution in [-0.2, 0) is 19.7 Å². The molecule has 0 bridgehead atoms. The highest BCUT2D eigenvalue weighted by atomic mass is 35.5. The van der Waals surface area contributed by atoms with Crippen LogP contribution in [-0.4, -0.2) is 45.8 Å². The SMILES string of the molecule is CC(C)Oc1cccc(C(=O)C2CC(CCOS(C)(=O)=O)(c3ccc(Cl)c(Cl)c3)CCCN2)c1. The van der Waals surface area contributed by atoms with Crippen molar-refractivity contribution in [2.45, 2.75) is 57.1 Å². The average molecular weight is 528 g/mol. The van der Waals surface area contributed by atoms with Crippen LogP contribution < -0.4 is 10.1 Å². The van der Waals surface area contributed by atoms with Crippen molar-refractivity contribution in [2.24, 2.45) is 0 Å². The van der Waals surface area contributed by atoms with Crippen molar-refractivity contribution < 1.29 is 22.1 Å². The van der Waals surface area contributed by atoms with Crippen molar-refractivity contribution in [2.75, 3.05) is 19.4 Å². The Balaban J connectivity index is 1.94. The van der Waals surface area contributed by atoms with Gasteiger partial charge in [-0.25, -0.2) is 0 Å². The molecular formula is C25H31Cl2NO5S. The van der Waals surface area contributed by atoms with Crippen LogP contribution in [0.3, 0.4) is 0 Å². The van der Waals surface area contributed by atoms with Crippen LogP contribution in [0.15, 0.2) is 42.5 Å². The van der Waals surface area contributed by atoms with E-state index in [1.54, 1.807) is 18.2 Å². The van der Waals surface area contributed by atoms with Crippen molar-refractivity contribution in [3.05, 3.63) is 63.6 Å². The van der Waals surface area contributed by atoms with Crippen LogP contribution in [0.5, 0.6) is 5.75 Å². The number of nitrogens with one attached hydrogen (secondary N) is 1. The molecule has 6 nitrogen and oxygen atoms in total. The fourth-order valence-corrected chi connectivity index (χ4v) is 5.18. The number of halogens is 2. The molecule has 186 valence electrons. The smallest absolute Gasteiger partial charge is 0.264 e. The third-order valence-corrected chi connectivity index (χ3v) is 7.37. The normalized spacial score (nSPS) is 21.3. The lowest BCUT2D eigenvalue weighted by molar-refractivity contribution is 0.0922. The van der Waals surface area contributed by atoms with Crippen LogP contribution in [0.2, 0.25) is 10.0 Å². The van der Waals surface area contributed by atoms with Crippen molar-refractivity contribution in [3.63, 3.8) is 0 Å². The third-order valence-electron chi connectivity index (χ3n) is 6.03. The zero-order chi connectivity index (χ0) is 24.9. The summed E-state index contributed by atoms with van der Waals surface area (Å²) in [5.74, 6) is 0.608. The molecule has 1 N–H and O–H groups in total. The van der Waals surface area contributed by atoms with E-state index in [2.05, 4.69) is 5.32 Å². The number of ether oxygens (including phenoxy) is 1. The van der Waals surface area contributed by atoms with Gasteiger partial charge < -0.3 is 10.1 Å². The summed E-state index contributed by atoms with van der Waals surface area (Å²) in [6.45, 7) is 4.54.